The molecular weight excluding hydrogens is 218 g/mol. The fourth-order valence-corrected chi connectivity index (χ4v) is 1.45. The summed E-state index contributed by atoms with van der Waals surface area (Å²) in [5, 5.41) is 7.35. The lowest BCUT2D eigenvalue weighted by Crippen LogP contribution is -2.44. The standard InChI is InChI=1S/C8H19N3O3S/c1-6(2)7(9)8(12)11-4-3-5-15(10,13)14/h6-7H,3-5,9H2,1-2H3,(H,11,12)(H2,10,13,14). The molecule has 0 heterocycles. The Bertz CT molecular complexity index is 300. The number of sulfonamides is 1. The fourth-order valence-electron chi connectivity index (χ4n) is 0.906. The normalized spacial score (nSPS) is 13.9. The van der Waals surface area contributed by atoms with Crippen LogP contribution in [0, 0.1) is 5.92 Å². The predicted molar refractivity (Wildman–Crippen MR) is 58.4 cm³/mol. The summed E-state index contributed by atoms with van der Waals surface area (Å²) in [5.74, 6) is -0.341. The van der Waals surface area contributed by atoms with Crippen LogP contribution in [0.5, 0.6) is 0 Å². The van der Waals surface area contributed by atoms with Crippen molar-refractivity contribution in [2.75, 3.05) is 12.3 Å². The van der Waals surface area contributed by atoms with Crippen molar-refractivity contribution in [2.24, 2.45) is 16.8 Å². The molecule has 5 N–H and O–H groups in total. The van der Waals surface area contributed by atoms with Gasteiger partial charge in [0.05, 0.1) is 11.8 Å². The lowest BCUT2D eigenvalue weighted by molar-refractivity contribution is -0.123. The second-order valence-electron chi connectivity index (χ2n) is 3.78. The van der Waals surface area contributed by atoms with Crippen molar-refractivity contribution in [3.63, 3.8) is 0 Å². The number of carbonyl (C=O) groups is 1. The summed E-state index contributed by atoms with van der Waals surface area (Å²) < 4.78 is 21.1. The summed E-state index contributed by atoms with van der Waals surface area (Å²) in [5.41, 5.74) is 5.57. The average molecular weight is 237 g/mol. The molecule has 7 heteroatoms. The first-order valence-corrected chi connectivity index (χ1v) is 6.49. The highest BCUT2D eigenvalue weighted by Gasteiger charge is 2.16. The molecule has 1 amide bonds. The van der Waals surface area contributed by atoms with Crippen molar-refractivity contribution in [1.82, 2.24) is 5.32 Å². The third kappa shape index (κ3) is 7.29. The number of rotatable bonds is 6. The molecule has 0 spiro atoms. The summed E-state index contributed by atoms with van der Waals surface area (Å²) in [7, 11) is -3.44. The van der Waals surface area contributed by atoms with Crippen LogP contribution in [-0.2, 0) is 14.8 Å². The van der Waals surface area contributed by atoms with E-state index in [1.807, 2.05) is 13.8 Å². The summed E-state index contributed by atoms with van der Waals surface area (Å²) in [6, 6.07) is -0.556. The zero-order chi connectivity index (χ0) is 12.1. The molecule has 0 aliphatic carbocycles. The highest BCUT2D eigenvalue weighted by molar-refractivity contribution is 7.89. The lowest BCUT2D eigenvalue weighted by Gasteiger charge is -2.14. The van der Waals surface area contributed by atoms with Gasteiger partial charge in [-0.2, -0.15) is 0 Å². The Morgan fingerprint density at radius 2 is 1.93 bits per heavy atom. The van der Waals surface area contributed by atoms with E-state index >= 15 is 0 Å². The Morgan fingerprint density at radius 3 is 2.33 bits per heavy atom. The minimum absolute atomic E-state index is 0.0586. The first kappa shape index (κ1) is 14.3. The molecule has 1 atom stereocenters. The topological polar surface area (TPSA) is 115 Å². The molecule has 0 radical (unpaired) electrons. The lowest BCUT2D eigenvalue weighted by atomic mass is 10.1. The smallest absolute Gasteiger partial charge is 0.237 e. The van der Waals surface area contributed by atoms with E-state index in [-0.39, 0.29) is 24.1 Å². The van der Waals surface area contributed by atoms with Gasteiger partial charge >= 0.3 is 0 Å². The fraction of sp³-hybridized carbons (Fsp3) is 0.875. The SMILES string of the molecule is CC(C)C(N)C(=O)NCCCS(N)(=O)=O. The van der Waals surface area contributed by atoms with Crippen LogP contribution < -0.4 is 16.2 Å². The van der Waals surface area contributed by atoms with E-state index in [2.05, 4.69) is 5.32 Å². The van der Waals surface area contributed by atoms with Gasteiger partial charge in [0.15, 0.2) is 0 Å². The van der Waals surface area contributed by atoms with E-state index in [1.165, 1.54) is 0 Å². The minimum atomic E-state index is -3.44. The van der Waals surface area contributed by atoms with Crippen molar-refractivity contribution in [3.05, 3.63) is 0 Å². The molecule has 0 aromatic carbocycles. The largest absolute Gasteiger partial charge is 0.355 e. The number of nitrogens with one attached hydrogen (secondary N) is 1. The molecule has 6 nitrogen and oxygen atoms in total. The van der Waals surface area contributed by atoms with Crippen LogP contribution in [0.15, 0.2) is 0 Å². The van der Waals surface area contributed by atoms with E-state index < -0.39 is 16.1 Å². The van der Waals surface area contributed by atoms with Crippen LogP contribution in [0.3, 0.4) is 0 Å². The molecule has 0 aromatic rings. The van der Waals surface area contributed by atoms with Crippen molar-refractivity contribution in [3.8, 4) is 0 Å². The van der Waals surface area contributed by atoms with Gasteiger partial charge in [0, 0.05) is 6.54 Å². The molecule has 0 saturated carbocycles. The maximum Gasteiger partial charge on any atom is 0.237 e. The zero-order valence-electron chi connectivity index (χ0n) is 9.06. The van der Waals surface area contributed by atoms with Gasteiger partial charge in [-0.3, -0.25) is 4.79 Å². The molecule has 0 saturated heterocycles. The maximum atomic E-state index is 11.3. The molecule has 0 aromatic heterocycles. The molecule has 90 valence electrons. The van der Waals surface area contributed by atoms with Crippen molar-refractivity contribution >= 4 is 15.9 Å². The quantitative estimate of drug-likeness (QED) is 0.501. The van der Waals surface area contributed by atoms with Crippen LogP contribution in [0.1, 0.15) is 20.3 Å². The van der Waals surface area contributed by atoms with Gasteiger partial charge in [0.1, 0.15) is 0 Å². The monoisotopic (exact) mass is 237 g/mol. The van der Waals surface area contributed by atoms with E-state index in [9.17, 15) is 13.2 Å². The molecular formula is C8H19N3O3S. The second-order valence-corrected chi connectivity index (χ2v) is 5.52. The van der Waals surface area contributed by atoms with Crippen LogP contribution in [-0.4, -0.2) is 32.7 Å². The summed E-state index contributed by atoms with van der Waals surface area (Å²) in [6.45, 7) is 3.96. The van der Waals surface area contributed by atoms with Crippen molar-refractivity contribution in [2.45, 2.75) is 26.3 Å². The number of primary sulfonamides is 1. The number of amides is 1. The average Bonchev–Trinajstić information content (AvgIpc) is 2.09. The highest BCUT2D eigenvalue weighted by atomic mass is 32.2. The van der Waals surface area contributed by atoms with E-state index in [4.69, 9.17) is 10.9 Å². The van der Waals surface area contributed by atoms with Gasteiger partial charge in [-0.15, -0.1) is 0 Å². The van der Waals surface area contributed by atoms with Crippen LogP contribution in [0.25, 0.3) is 0 Å². The zero-order valence-corrected chi connectivity index (χ0v) is 9.88. The van der Waals surface area contributed by atoms with Crippen LogP contribution in [0.4, 0.5) is 0 Å². The third-order valence-corrected chi connectivity index (χ3v) is 2.78. The third-order valence-electron chi connectivity index (χ3n) is 1.93. The Hall–Kier alpha value is -0.660. The van der Waals surface area contributed by atoms with Gasteiger partial charge in [0.2, 0.25) is 15.9 Å². The Morgan fingerprint density at radius 1 is 1.40 bits per heavy atom. The Kier molecular flexibility index (Phi) is 5.77. The molecule has 15 heavy (non-hydrogen) atoms. The van der Waals surface area contributed by atoms with Gasteiger partial charge in [0.25, 0.3) is 0 Å². The van der Waals surface area contributed by atoms with E-state index in [1.54, 1.807) is 0 Å². The van der Waals surface area contributed by atoms with E-state index in [0.29, 0.717) is 6.42 Å². The first-order valence-electron chi connectivity index (χ1n) is 4.78. The number of hydrogen-bond acceptors (Lipinski definition) is 4. The van der Waals surface area contributed by atoms with Crippen LogP contribution >= 0.6 is 0 Å². The Balaban J connectivity index is 3.74. The number of hydrogen-bond donors (Lipinski definition) is 3. The molecule has 0 bridgehead atoms. The van der Waals surface area contributed by atoms with Gasteiger partial charge in [-0.25, -0.2) is 13.6 Å². The number of nitrogens with two attached hydrogens (primary N) is 2. The highest BCUT2D eigenvalue weighted by Crippen LogP contribution is 1.97. The van der Waals surface area contributed by atoms with Gasteiger partial charge in [-0.1, -0.05) is 13.8 Å². The van der Waals surface area contributed by atoms with E-state index in [0.717, 1.165) is 0 Å². The van der Waals surface area contributed by atoms with Gasteiger partial charge < -0.3 is 11.1 Å². The summed E-state index contributed by atoms with van der Waals surface area (Å²) in [4.78, 5) is 11.3. The summed E-state index contributed by atoms with van der Waals surface area (Å²) >= 11 is 0. The molecule has 1 unspecified atom stereocenters. The van der Waals surface area contributed by atoms with Crippen molar-refractivity contribution < 1.29 is 13.2 Å². The van der Waals surface area contributed by atoms with Crippen molar-refractivity contribution in [1.29, 1.82) is 0 Å². The molecule has 0 aliphatic rings. The second kappa shape index (κ2) is 6.04. The first-order chi connectivity index (χ1) is 6.74. The molecule has 0 aliphatic heterocycles. The maximum absolute atomic E-state index is 11.3. The number of carbonyl (C=O) groups excluding carboxylic acids is 1. The molecule has 0 rings (SSSR count). The minimum Gasteiger partial charge on any atom is -0.355 e. The predicted octanol–water partition coefficient (Wildman–Crippen LogP) is -1.24. The van der Waals surface area contributed by atoms with Crippen LogP contribution in [0.2, 0.25) is 0 Å². The summed E-state index contributed by atoms with van der Waals surface area (Å²) in [6.07, 6.45) is 0.301. The van der Waals surface area contributed by atoms with Gasteiger partial charge in [-0.05, 0) is 12.3 Å². The Labute approximate surface area is 90.4 Å². The molecule has 0 fully saturated rings.